The number of aliphatic hydroxyl groups is 1. The number of ether oxygens (including phenoxy) is 1. The third kappa shape index (κ3) is 4.97. The van der Waals surface area contributed by atoms with Gasteiger partial charge >= 0.3 is 11.9 Å². The number of aromatic nitrogens is 4. The number of amides is 1. The van der Waals surface area contributed by atoms with Gasteiger partial charge in [0.1, 0.15) is 5.56 Å². The number of fused-ring (bicyclic) bond motifs is 8. The predicted octanol–water partition coefficient (Wildman–Crippen LogP) is 6.23. The van der Waals surface area contributed by atoms with Crippen LogP contribution in [0.3, 0.4) is 0 Å². The summed E-state index contributed by atoms with van der Waals surface area (Å²) in [5, 5.41) is 9.33. The highest BCUT2D eigenvalue weighted by Gasteiger charge is 2.38. The van der Waals surface area contributed by atoms with Crippen LogP contribution in [-0.4, -0.2) is 68.0 Å². The molecule has 2 atom stereocenters. The van der Waals surface area contributed by atoms with Gasteiger partial charge in [-0.15, -0.1) is 0 Å². The molecule has 8 bridgehead atoms. The number of carbonyl (C=O) groups is 3. The average Bonchev–Trinajstić information content (AvgIpc) is 3.69. The molecule has 6 rings (SSSR count). The van der Waals surface area contributed by atoms with Crippen LogP contribution in [0.4, 0.5) is 0 Å². The number of nitrogens with one attached hydrogen (secondary N) is 2. The Morgan fingerprint density at radius 2 is 1.72 bits per heavy atom. The summed E-state index contributed by atoms with van der Waals surface area (Å²) in [7, 11) is 1.66. The van der Waals surface area contributed by atoms with Crippen LogP contribution in [0.2, 0.25) is 0 Å². The number of cyclic esters (lactones) is 2. The van der Waals surface area contributed by atoms with E-state index in [0.29, 0.717) is 34.3 Å². The molecule has 0 unspecified atom stereocenters. The van der Waals surface area contributed by atoms with E-state index in [1.165, 1.54) is 4.90 Å². The zero-order valence-corrected chi connectivity index (χ0v) is 27.1. The van der Waals surface area contributed by atoms with Crippen molar-refractivity contribution >= 4 is 51.2 Å². The fourth-order valence-corrected chi connectivity index (χ4v) is 6.98. The molecular weight excluding hydrogens is 582 g/mol. The first kappa shape index (κ1) is 31.2. The third-order valence-electron chi connectivity index (χ3n) is 9.77. The Morgan fingerprint density at radius 1 is 1.02 bits per heavy atom. The lowest BCUT2D eigenvalue weighted by Crippen LogP contribution is -2.29. The molecule has 0 radical (unpaired) electrons. The van der Waals surface area contributed by atoms with Gasteiger partial charge in [-0.1, -0.05) is 26.5 Å². The molecule has 2 aromatic heterocycles. The van der Waals surface area contributed by atoms with Crippen molar-refractivity contribution in [1.82, 2.24) is 24.8 Å². The van der Waals surface area contributed by atoms with Gasteiger partial charge in [-0.2, -0.15) is 0 Å². The van der Waals surface area contributed by atoms with Gasteiger partial charge in [-0.3, -0.25) is 4.79 Å². The lowest BCUT2D eigenvalue weighted by Gasteiger charge is -2.21. The standard InChI is InChI=1S/C36H39N5O5/c1-8-21-17(3)24-14-26-19(5)23(10-11-30(43)41(7)12-13-42)33(39-26)32-34-31(35(44)46-36(32)45)20(6)27(40-34)16-29-22(9-2)18(4)25(38-29)15-28(21)37-24/h8,14-16,19,23,39-40,42H,1,9-13H2,2-7H3/t19-,23-/m0/s1. The number of hydrogen-bond donors (Lipinski definition) is 3. The van der Waals surface area contributed by atoms with Crippen molar-refractivity contribution in [2.75, 3.05) is 20.2 Å². The van der Waals surface area contributed by atoms with Crippen LogP contribution >= 0.6 is 0 Å². The molecule has 4 aliphatic rings. The molecule has 0 saturated carbocycles. The molecule has 10 heteroatoms. The van der Waals surface area contributed by atoms with Crippen LogP contribution in [0.15, 0.2) is 30.9 Å². The third-order valence-corrected chi connectivity index (χ3v) is 9.77. The smallest absolute Gasteiger partial charge is 0.349 e. The van der Waals surface area contributed by atoms with Crippen LogP contribution in [0.1, 0.15) is 119 Å². The van der Waals surface area contributed by atoms with Crippen LogP contribution in [0, 0.1) is 6.92 Å². The number of aromatic amines is 2. The Labute approximate surface area is 267 Å². The maximum absolute atomic E-state index is 13.6. The summed E-state index contributed by atoms with van der Waals surface area (Å²) in [6.07, 6.45) is 3.20. The van der Waals surface area contributed by atoms with E-state index in [4.69, 9.17) is 14.7 Å². The van der Waals surface area contributed by atoms with Crippen molar-refractivity contribution in [3.8, 4) is 0 Å². The molecular formula is C36H39N5O5. The van der Waals surface area contributed by atoms with Gasteiger partial charge in [0, 0.05) is 54.3 Å². The number of carbonyl (C=O) groups excluding carboxylic acids is 3. The van der Waals surface area contributed by atoms with E-state index in [1.807, 2.05) is 38.1 Å². The van der Waals surface area contributed by atoms with E-state index in [-0.39, 0.29) is 42.9 Å². The largest absolute Gasteiger partial charge is 0.395 e. The SMILES string of the molecule is C=CC1=C(C)c2cc3[nH]c(c4c5[nH]c(cc6nc(cc1n2)C(C)=C6CC)c(C)c5C(=O)OC4=O)[C@@H](CCC(=O)N(C)CCO)[C@@H]3C. The molecule has 2 aromatic rings. The first-order valence-corrected chi connectivity index (χ1v) is 15.7. The Balaban J connectivity index is 1.70. The number of nitrogens with zero attached hydrogens (tertiary/aromatic N) is 3. The van der Waals surface area contributed by atoms with Crippen molar-refractivity contribution in [3.63, 3.8) is 0 Å². The van der Waals surface area contributed by atoms with Crippen LogP contribution in [0.25, 0.3) is 33.3 Å². The number of H-pyrrole nitrogens is 2. The van der Waals surface area contributed by atoms with Crippen LogP contribution in [-0.2, 0) is 9.53 Å². The van der Waals surface area contributed by atoms with Crippen molar-refractivity contribution < 1.29 is 24.2 Å². The molecule has 238 valence electrons. The number of aryl methyl sites for hydroxylation is 1. The summed E-state index contributed by atoms with van der Waals surface area (Å²) in [5.74, 6) is -1.96. The number of aliphatic hydroxyl groups excluding tert-OH is 1. The molecule has 3 N–H and O–H groups in total. The summed E-state index contributed by atoms with van der Waals surface area (Å²) < 4.78 is 5.35. The van der Waals surface area contributed by atoms with E-state index >= 15 is 0 Å². The van der Waals surface area contributed by atoms with Crippen molar-refractivity contribution in [3.05, 3.63) is 81.7 Å². The summed E-state index contributed by atoms with van der Waals surface area (Å²) in [4.78, 5) is 58.1. The van der Waals surface area contributed by atoms with Gasteiger partial charge in [0.05, 0.1) is 40.5 Å². The second-order valence-electron chi connectivity index (χ2n) is 12.3. The van der Waals surface area contributed by atoms with E-state index in [2.05, 4.69) is 37.3 Å². The molecule has 10 nitrogen and oxygen atoms in total. The second kappa shape index (κ2) is 11.8. The molecule has 0 aromatic carbocycles. The number of allylic oxidation sites excluding steroid dienone is 5. The zero-order valence-electron chi connectivity index (χ0n) is 27.1. The van der Waals surface area contributed by atoms with Crippen molar-refractivity contribution in [1.29, 1.82) is 0 Å². The van der Waals surface area contributed by atoms with Gasteiger partial charge in [-0.25, -0.2) is 19.6 Å². The van der Waals surface area contributed by atoms with Gasteiger partial charge in [0.2, 0.25) is 5.91 Å². The Hall–Kier alpha value is -4.83. The highest BCUT2D eigenvalue weighted by atomic mass is 16.6. The highest BCUT2D eigenvalue weighted by molar-refractivity contribution is 6.18. The number of esters is 2. The Bertz CT molecular complexity index is 1980. The van der Waals surface area contributed by atoms with E-state index in [1.54, 1.807) is 7.05 Å². The summed E-state index contributed by atoms with van der Waals surface area (Å²) in [6.45, 7) is 14.2. The molecule has 0 aliphatic carbocycles. The van der Waals surface area contributed by atoms with E-state index in [9.17, 15) is 19.5 Å². The van der Waals surface area contributed by atoms with E-state index in [0.717, 1.165) is 57.2 Å². The van der Waals surface area contributed by atoms with Gasteiger partial charge in [0.15, 0.2) is 0 Å². The maximum Gasteiger partial charge on any atom is 0.349 e. The minimum Gasteiger partial charge on any atom is -0.395 e. The zero-order chi connectivity index (χ0) is 33.0. The quantitative estimate of drug-likeness (QED) is 0.246. The molecule has 46 heavy (non-hydrogen) atoms. The fourth-order valence-electron chi connectivity index (χ4n) is 6.98. The van der Waals surface area contributed by atoms with Crippen molar-refractivity contribution in [2.24, 2.45) is 0 Å². The molecule has 0 fully saturated rings. The highest BCUT2D eigenvalue weighted by Crippen LogP contribution is 2.44. The summed E-state index contributed by atoms with van der Waals surface area (Å²) >= 11 is 0. The average molecular weight is 622 g/mol. The van der Waals surface area contributed by atoms with Gasteiger partial charge in [-0.05, 0) is 74.1 Å². The lowest BCUT2D eigenvalue weighted by atomic mass is 9.85. The van der Waals surface area contributed by atoms with E-state index < -0.39 is 11.9 Å². The number of rotatable bonds is 7. The lowest BCUT2D eigenvalue weighted by molar-refractivity contribution is -0.130. The Kier molecular flexibility index (Phi) is 8.02. The normalized spacial score (nSPS) is 18.2. The van der Waals surface area contributed by atoms with Gasteiger partial charge in [0.25, 0.3) is 0 Å². The first-order chi connectivity index (χ1) is 22.0. The molecule has 1 amide bonds. The molecule has 6 heterocycles. The second-order valence-corrected chi connectivity index (χ2v) is 12.3. The molecule has 4 aliphatic heterocycles. The summed E-state index contributed by atoms with van der Waals surface area (Å²) in [6, 6.07) is 5.91. The minimum absolute atomic E-state index is 0.108. The number of hydrogen-bond acceptors (Lipinski definition) is 7. The fraction of sp³-hybridized carbons (Fsp3) is 0.361. The molecule has 0 spiro atoms. The monoisotopic (exact) mass is 621 g/mol. The van der Waals surface area contributed by atoms with Crippen LogP contribution < -0.4 is 0 Å². The predicted molar refractivity (Wildman–Crippen MR) is 177 cm³/mol. The van der Waals surface area contributed by atoms with Crippen molar-refractivity contribution in [2.45, 2.75) is 65.7 Å². The first-order valence-electron chi connectivity index (χ1n) is 15.7. The van der Waals surface area contributed by atoms with Gasteiger partial charge < -0.3 is 24.7 Å². The van der Waals surface area contributed by atoms with Crippen LogP contribution in [0.5, 0.6) is 0 Å². The topological polar surface area (TPSA) is 141 Å². The summed E-state index contributed by atoms with van der Waals surface area (Å²) in [5.41, 5.74) is 10.8. The maximum atomic E-state index is 13.6. The minimum atomic E-state index is -0.747. The molecule has 0 saturated heterocycles. The Morgan fingerprint density at radius 3 is 2.41 bits per heavy atom. The number of likely N-dealkylation sites (N-methyl/N-ethyl adjacent to an activating group) is 1.